The van der Waals surface area contributed by atoms with Crippen molar-refractivity contribution in [2.75, 3.05) is 11.3 Å². The minimum Gasteiger partial charge on any atom is -0.486 e. The lowest BCUT2D eigenvalue weighted by molar-refractivity contribution is -0.140. The van der Waals surface area contributed by atoms with Crippen LogP contribution >= 0.6 is 0 Å². The Morgan fingerprint density at radius 3 is 2.54 bits per heavy atom. The quantitative estimate of drug-likeness (QED) is 0.759. The molecule has 0 fully saturated rings. The highest BCUT2D eigenvalue weighted by Gasteiger charge is 2.39. The topological polar surface area (TPSA) is 97.0 Å². The molecule has 2 rings (SSSR count). The number of hydrogen-bond donors (Lipinski definition) is 2. The molecule has 0 aliphatic rings. The van der Waals surface area contributed by atoms with Crippen molar-refractivity contribution in [2.45, 2.75) is 17.5 Å². The molecule has 0 aliphatic carbocycles. The van der Waals surface area contributed by atoms with E-state index in [1.54, 1.807) is 4.72 Å². The number of rotatable bonds is 6. The van der Waals surface area contributed by atoms with Gasteiger partial charge in [-0.2, -0.15) is 23.3 Å². The number of alkyl halides is 5. The lowest BCUT2D eigenvalue weighted by Crippen LogP contribution is -2.21. The third-order valence-corrected chi connectivity index (χ3v) is 3.98. The second-order valence-electron chi connectivity index (χ2n) is 4.27. The first kappa shape index (κ1) is 17.9. The number of aromatic nitrogens is 3. The predicted octanol–water partition coefficient (Wildman–Crippen LogP) is 2.27. The van der Waals surface area contributed by atoms with E-state index in [1.807, 2.05) is 0 Å². The average Bonchev–Trinajstić information content (AvgIpc) is 2.95. The molecule has 0 spiro atoms. The minimum absolute atomic E-state index is 0.452. The molecule has 1 heterocycles. The number of nitrogens with one attached hydrogen (secondary N) is 2. The van der Waals surface area contributed by atoms with Gasteiger partial charge in [-0.3, -0.25) is 0 Å². The van der Waals surface area contributed by atoms with Crippen LogP contribution in [0.3, 0.4) is 0 Å². The van der Waals surface area contributed by atoms with Crippen molar-refractivity contribution in [2.24, 2.45) is 0 Å². The Bertz CT molecular complexity index is 792. The maximum Gasteiger partial charge on any atom is 0.417 e. The molecular weight excluding hydrogens is 363 g/mol. The molecule has 132 valence electrons. The lowest BCUT2D eigenvalue weighted by atomic mass is 10.2. The van der Waals surface area contributed by atoms with Gasteiger partial charge in [-0.25, -0.2) is 27.0 Å². The van der Waals surface area contributed by atoms with Crippen LogP contribution in [0, 0.1) is 0 Å². The molecule has 1 aromatic heterocycles. The zero-order chi connectivity index (χ0) is 18.0. The maximum absolute atomic E-state index is 13.1. The van der Waals surface area contributed by atoms with Crippen molar-refractivity contribution in [1.29, 1.82) is 0 Å². The molecule has 0 aliphatic heterocycles. The first-order valence-electron chi connectivity index (χ1n) is 6.10. The van der Waals surface area contributed by atoms with Crippen LogP contribution in [-0.4, -0.2) is 36.6 Å². The maximum atomic E-state index is 13.1. The van der Waals surface area contributed by atoms with Crippen molar-refractivity contribution in [3.8, 4) is 5.75 Å². The van der Waals surface area contributed by atoms with E-state index in [-0.39, 0.29) is 0 Å². The van der Waals surface area contributed by atoms with Crippen LogP contribution in [0.1, 0.15) is 5.56 Å². The average molecular weight is 372 g/mol. The SMILES string of the molecule is O=S(=O)(Nc1ncn[nH]1)c1c(OCC(F)F)cccc1C(F)(F)F. The number of nitrogens with zero attached hydrogens (tertiary/aromatic N) is 2. The van der Waals surface area contributed by atoms with Crippen LogP contribution in [0.5, 0.6) is 5.75 Å². The zero-order valence-corrected chi connectivity index (χ0v) is 12.3. The van der Waals surface area contributed by atoms with Crippen LogP contribution in [0.2, 0.25) is 0 Å². The summed E-state index contributed by atoms with van der Waals surface area (Å²) in [5.74, 6) is -1.32. The van der Waals surface area contributed by atoms with Crippen molar-refractivity contribution in [3.63, 3.8) is 0 Å². The number of ether oxygens (including phenoxy) is 1. The first-order valence-corrected chi connectivity index (χ1v) is 7.59. The summed E-state index contributed by atoms with van der Waals surface area (Å²) in [7, 11) is -4.85. The second kappa shape index (κ2) is 6.59. The monoisotopic (exact) mass is 372 g/mol. The summed E-state index contributed by atoms with van der Waals surface area (Å²) in [6, 6.07) is 2.17. The molecule has 1 aromatic carbocycles. The van der Waals surface area contributed by atoms with Crippen LogP contribution < -0.4 is 9.46 Å². The molecule has 0 unspecified atom stereocenters. The van der Waals surface area contributed by atoms with Gasteiger partial charge < -0.3 is 4.74 Å². The molecule has 0 bridgehead atoms. The van der Waals surface area contributed by atoms with Crippen molar-refractivity contribution in [3.05, 3.63) is 30.1 Å². The van der Waals surface area contributed by atoms with Gasteiger partial charge in [0.25, 0.3) is 16.4 Å². The fraction of sp³-hybridized carbons (Fsp3) is 0.273. The Kier molecular flexibility index (Phi) is 4.91. The van der Waals surface area contributed by atoms with Crippen LogP contribution in [0.15, 0.2) is 29.4 Å². The molecule has 2 N–H and O–H groups in total. The molecule has 0 saturated carbocycles. The smallest absolute Gasteiger partial charge is 0.417 e. The number of anilines is 1. The summed E-state index contributed by atoms with van der Waals surface area (Å²) in [6.07, 6.45) is -7.14. The van der Waals surface area contributed by atoms with Gasteiger partial charge in [0, 0.05) is 0 Å². The molecule has 2 aromatic rings. The molecule has 0 radical (unpaired) electrons. The summed E-state index contributed by atoms with van der Waals surface area (Å²) < 4.78 is 94.6. The normalized spacial score (nSPS) is 12.4. The first-order chi connectivity index (χ1) is 11.1. The molecule has 13 heteroatoms. The molecule has 24 heavy (non-hydrogen) atoms. The molecular formula is C11H9F5N4O3S. The predicted molar refractivity (Wildman–Crippen MR) is 70.1 cm³/mol. The summed E-state index contributed by atoms with van der Waals surface area (Å²) >= 11 is 0. The fourth-order valence-electron chi connectivity index (χ4n) is 1.72. The van der Waals surface area contributed by atoms with Crippen LogP contribution in [0.4, 0.5) is 27.9 Å². The Balaban J connectivity index is 2.55. The van der Waals surface area contributed by atoms with E-state index in [0.717, 1.165) is 18.5 Å². The molecule has 0 atom stereocenters. The highest BCUT2D eigenvalue weighted by Crippen LogP contribution is 2.39. The van der Waals surface area contributed by atoms with Gasteiger partial charge in [-0.15, -0.1) is 0 Å². The Morgan fingerprint density at radius 1 is 1.29 bits per heavy atom. The van der Waals surface area contributed by atoms with Crippen molar-refractivity contribution in [1.82, 2.24) is 15.2 Å². The van der Waals surface area contributed by atoms with E-state index in [2.05, 4.69) is 19.9 Å². The Morgan fingerprint density at radius 2 is 2.00 bits per heavy atom. The van der Waals surface area contributed by atoms with Gasteiger partial charge in [0.15, 0.2) is 0 Å². The minimum atomic E-state index is -5.06. The van der Waals surface area contributed by atoms with Gasteiger partial charge in [-0.1, -0.05) is 6.07 Å². The van der Waals surface area contributed by atoms with E-state index in [4.69, 9.17) is 0 Å². The second-order valence-corrected chi connectivity index (χ2v) is 5.89. The van der Waals surface area contributed by atoms with E-state index in [1.165, 1.54) is 0 Å². The largest absolute Gasteiger partial charge is 0.486 e. The highest BCUT2D eigenvalue weighted by atomic mass is 32.2. The number of aromatic amines is 1. The van der Waals surface area contributed by atoms with Gasteiger partial charge in [0.05, 0.1) is 5.56 Å². The van der Waals surface area contributed by atoms with Crippen LogP contribution in [0.25, 0.3) is 0 Å². The number of sulfonamides is 1. The van der Waals surface area contributed by atoms with E-state index in [0.29, 0.717) is 6.07 Å². The number of hydrogen-bond acceptors (Lipinski definition) is 5. The van der Waals surface area contributed by atoms with E-state index >= 15 is 0 Å². The number of benzene rings is 1. The molecule has 0 saturated heterocycles. The van der Waals surface area contributed by atoms with Gasteiger partial charge in [0.2, 0.25) is 5.95 Å². The third-order valence-electron chi connectivity index (χ3n) is 2.56. The summed E-state index contributed by atoms with van der Waals surface area (Å²) in [5, 5.41) is 5.43. The van der Waals surface area contributed by atoms with Crippen molar-refractivity contribution >= 4 is 16.0 Å². The van der Waals surface area contributed by atoms with Gasteiger partial charge in [-0.05, 0) is 12.1 Å². The van der Waals surface area contributed by atoms with Gasteiger partial charge >= 0.3 is 6.18 Å². The van der Waals surface area contributed by atoms with E-state index < -0.39 is 51.4 Å². The molecule has 7 nitrogen and oxygen atoms in total. The Hall–Kier alpha value is -2.44. The van der Waals surface area contributed by atoms with Crippen molar-refractivity contribution < 1.29 is 35.1 Å². The third kappa shape index (κ3) is 4.10. The molecule has 0 amide bonds. The standard InChI is InChI=1S/C11H9F5N4O3S/c12-8(13)4-23-7-3-1-2-6(11(14,15)16)9(7)24(21,22)20-10-17-5-18-19-10/h1-3,5,8H,4H2,(H2,17,18,19,20). The summed E-state index contributed by atoms with van der Waals surface area (Å²) in [6.45, 7) is -1.27. The number of H-pyrrole nitrogens is 1. The summed E-state index contributed by atoms with van der Waals surface area (Å²) in [5.41, 5.74) is -1.57. The highest BCUT2D eigenvalue weighted by molar-refractivity contribution is 7.92. The Labute approximate surface area is 131 Å². The van der Waals surface area contributed by atoms with Crippen LogP contribution in [-0.2, 0) is 16.2 Å². The zero-order valence-electron chi connectivity index (χ0n) is 11.5. The lowest BCUT2D eigenvalue weighted by Gasteiger charge is -2.17. The van der Waals surface area contributed by atoms with Gasteiger partial charge in [0.1, 0.15) is 23.6 Å². The summed E-state index contributed by atoms with van der Waals surface area (Å²) in [4.78, 5) is 2.10. The van der Waals surface area contributed by atoms with E-state index in [9.17, 15) is 30.4 Å². The fourth-order valence-corrected chi connectivity index (χ4v) is 3.04. The number of halogens is 5.